The molecule has 0 bridgehead atoms. The molecule has 2 N–H and O–H groups in total. The molecule has 2 heterocycles. The summed E-state index contributed by atoms with van der Waals surface area (Å²) in [5.74, 6) is -1.12. The van der Waals surface area contributed by atoms with Gasteiger partial charge in [-0.05, 0) is 37.5 Å². The van der Waals surface area contributed by atoms with Gasteiger partial charge in [-0.2, -0.15) is 0 Å². The van der Waals surface area contributed by atoms with Gasteiger partial charge >= 0.3 is 5.97 Å². The Labute approximate surface area is 121 Å². The molecule has 20 heavy (non-hydrogen) atoms. The van der Waals surface area contributed by atoms with Gasteiger partial charge in [0.2, 0.25) is 0 Å². The molecular formula is C14H17NO4S. The van der Waals surface area contributed by atoms with E-state index in [4.69, 9.17) is 9.84 Å². The molecule has 1 saturated heterocycles. The van der Waals surface area contributed by atoms with Crippen molar-refractivity contribution in [2.45, 2.75) is 25.8 Å². The molecule has 5 nitrogen and oxygen atoms in total. The highest BCUT2D eigenvalue weighted by Crippen LogP contribution is 2.23. The monoisotopic (exact) mass is 295 g/mol. The van der Waals surface area contributed by atoms with E-state index in [9.17, 15) is 9.59 Å². The van der Waals surface area contributed by atoms with Crippen LogP contribution in [0.15, 0.2) is 12.1 Å². The van der Waals surface area contributed by atoms with Crippen LogP contribution >= 0.6 is 11.3 Å². The Morgan fingerprint density at radius 3 is 3.00 bits per heavy atom. The molecule has 0 aliphatic carbocycles. The molecule has 1 aliphatic heterocycles. The lowest BCUT2D eigenvalue weighted by molar-refractivity contribution is -0.131. The van der Waals surface area contributed by atoms with Crippen LogP contribution in [-0.2, 0) is 9.53 Å². The summed E-state index contributed by atoms with van der Waals surface area (Å²) in [5, 5.41) is 11.6. The van der Waals surface area contributed by atoms with E-state index in [0.717, 1.165) is 36.0 Å². The first kappa shape index (κ1) is 14.7. The number of hydrogen-bond donors (Lipinski definition) is 2. The summed E-state index contributed by atoms with van der Waals surface area (Å²) in [6.45, 7) is 3.18. The van der Waals surface area contributed by atoms with Gasteiger partial charge in [0.1, 0.15) is 0 Å². The molecule has 2 rings (SSSR count). The number of carbonyl (C=O) groups excluding carboxylic acids is 1. The average Bonchev–Trinajstić information content (AvgIpc) is 2.79. The quantitative estimate of drug-likeness (QED) is 0.834. The lowest BCUT2D eigenvalue weighted by Gasteiger charge is -2.22. The number of carboxylic acids is 1. The van der Waals surface area contributed by atoms with E-state index in [2.05, 4.69) is 5.32 Å². The van der Waals surface area contributed by atoms with Crippen LogP contribution in [0.2, 0.25) is 0 Å². The number of amides is 1. The lowest BCUT2D eigenvalue weighted by Crippen LogP contribution is -2.40. The second kappa shape index (κ2) is 6.67. The number of carbonyl (C=O) groups is 2. The van der Waals surface area contributed by atoms with Crippen LogP contribution in [0, 0.1) is 6.92 Å². The van der Waals surface area contributed by atoms with Gasteiger partial charge in [-0.3, -0.25) is 4.79 Å². The maximum Gasteiger partial charge on any atom is 0.328 e. The standard InChI is InChI=1S/C14H17NO4S/c1-9-7-12(20-11(9)4-5-13(16)17)14(18)15-10-3-2-6-19-8-10/h4-5,7,10H,2-3,6,8H2,1H3,(H,15,18)(H,16,17)/b5-4+. The number of rotatable bonds is 4. The highest BCUT2D eigenvalue weighted by atomic mass is 32.1. The van der Waals surface area contributed by atoms with Gasteiger partial charge in [0.25, 0.3) is 5.91 Å². The van der Waals surface area contributed by atoms with Crippen LogP contribution in [-0.4, -0.2) is 36.2 Å². The van der Waals surface area contributed by atoms with Crippen molar-refractivity contribution in [2.75, 3.05) is 13.2 Å². The first-order chi connectivity index (χ1) is 9.56. The normalized spacial score (nSPS) is 19.1. The Kier molecular flexibility index (Phi) is 4.92. The van der Waals surface area contributed by atoms with Gasteiger partial charge < -0.3 is 15.2 Å². The van der Waals surface area contributed by atoms with Crippen molar-refractivity contribution >= 4 is 29.3 Å². The third-order valence-corrected chi connectivity index (χ3v) is 4.25. The van der Waals surface area contributed by atoms with Gasteiger partial charge in [-0.15, -0.1) is 11.3 Å². The number of aryl methyl sites for hydroxylation is 1. The topological polar surface area (TPSA) is 75.6 Å². The first-order valence-corrected chi connectivity index (χ1v) is 7.28. The number of ether oxygens (including phenoxy) is 1. The Bertz CT molecular complexity index is 529. The van der Waals surface area contributed by atoms with Crippen LogP contribution in [0.3, 0.4) is 0 Å². The molecule has 1 atom stereocenters. The van der Waals surface area contributed by atoms with Gasteiger partial charge in [-0.1, -0.05) is 0 Å². The Morgan fingerprint density at radius 1 is 1.55 bits per heavy atom. The van der Waals surface area contributed by atoms with Crippen molar-refractivity contribution in [2.24, 2.45) is 0 Å². The summed E-state index contributed by atoms with van der Waals surface area (Å²) in [4.78, 5) is 24.0. The molecule has 1 aliphatic rings. The molecule has 0 radical (unpaired) electrons. The number of aliphatic carboxylic acids is 1. The molecule has 108 valence electrons. The molecule has 1 aromatic heterocycles. The maximum atomic E-state index is 12.1. The van der Waals surface area contributed by atoms with Crippen LogP contribution in [0.4, 0.5) is 0 Å². The molecule has 0 aromatic carbocycles. The minimum Gasteiger partial charge on any atom is -0.478 e. The van der Waals surface area contributed by atoms with Crippen LogP contribution in [0.5, 0.6) is 0 Å². The van der Waals surface area contributed by atoms with Gasteiger partial charge in [-0.25, -0.2) is 4.79 Å². The summed E-state index contributed by atoms with van der Waals surface area (Å²) in [5.41, 5.74) is 0.901. The zero-order chi connectivity index (χ0) is 14.5. The van der Waals surface area contributed by atoms with E-state index in [1.54, 1.807) is 6.07 Å². The second-order valence-corrected chi connectivity index (χ2v) is 5.80. The molecule has 1 amide bonds. The van der Waals surface area contributed by atoms with Crippen molar-refractivity contribution in [3.63, 3.8) is 0 Å². The van der Waals surface area contributed by atoms with Gasteiger partial charge in [0.05, 0.1) is 17.5 Å². The van der Waals surface area contributed by atoms with Gasteiger partial charge in [0, 0.05) is 17.6 Å². The largest absolute Gasteiger partial charge is 0.478 e. The van der Waals surface area contributed by atoms with Crippen molar-refractivity contribution in [1.82, 2.24) is 5.32 Å². The summed E-state index contributed by atoms with van der Waals surface area (Å²) >= 11 is 1.30. The maximum absolute atomic E-state index is 12.1. The average molecular weight is 295 g/mol. The Hall–Kier alpha value is -1.66. The third kappa shape index (κ3) is 3.91. The van der Waals surface area contributed by atoms with Crippen LogP contribution in [0.25, 0.3) is 6.08 Å². The molecule has 0 spiro atoms. The number of carboxylic acid groups (broad SMARTS) is 1. The number of hydrogen-bond acceptors (Lipinski definition) is 4. The fraction of sp³-hybridized carbons (Fsp3) is 0.429. The second-order valence-electron chi connectivity index (χ2n) is 4.72. The van der Waals surface area contributed by atoms with Gasteiger partial charge in [0.15, 0.2) is 0 Å². The van der Waals surface area contributed by atoms with E-state index in [1.165, 1.54) is 17.4 Å². The number of nitrogens with one attached hydrogen (secondary N) is 1. The number of thiophene rings is 1. The molecule has 6 heteroatoms. The Balaban J connectivity index is 2.02. The zero-order valence-electron chi connectivity index (χ0n) is 11.2. The predicted molar refractivity (Wildman–Crippen MR) is 77.0 cm³/mol. The minimum absolute atomic E-state index is 0.0664. The highest BCUT2D eigenvalue weighted by molar-refractivity contribution is 7.15. The highest BCUT2D eigenvalue weighted by Gasteiger charge is 2.18. The summed E-state index contributed by atoms with van der Waals surface area (Å²) in [7, 11) is 0. The summed E-state index contributed by atoms with van der Waals surface area (Å²) in [6.07, 6.45) is 4.49. The van der Waals surface area contributed by atoms with E-state index in [1.807, 2.05) is 6.92 Å². The molecular weight excluding hydrogens is 278 g/mol. The van der Waals surface area contributed by atoms with E-state index >= 15 is 0 Å². The fourth-order valence-corrected chi connectivity index (χ4v) is 3.01. The third-order valence-electron chi connectivity index (χ3n) is 3.05. The van der Waals surface area contributed by atoms with E-state index in [0.29, 0.717) is 11.5 Å². The SMILES string of the molecule is Cc1cc(C(=O)NC2CCCOC2)sc1/C=C/C(=O)O. The fourth-order valence-electron chi connectivity index (χ4n) is 2.03. The molecule has 1 fully saturated rings. The van der Waals surface area contributed by atoms with Crippen LogP contribution in [0.1, 0.15) is 33.0 Å². The van der Waals surface area contributed by atoms with Crippen molar-refractivity contribution in [3.05, 3.63) is 27.5 Å². The predicted octanol–water partition coefficient (Wildman–Crippen LogP) is 2.06. The molecule has 1 unspecified atom stereocenters. The Morgan fingerprint density at radius 2 is 2.35 bits per heavy atom. The van der Waals surface area contributed by atoms with Crippen molar-refractivity contribution in [3.8, 4) is 0 Å². The van der Waals surface area contributed by atoms with E-state index < -0.39 is 5.97 Å². The minimum atomic E-state index is -0.997. The van der Waals surface area contributed by atoms with Crippen molar-refractivity contribution < 1.29 is 19.4 Å². The molecule has 0 saturated carbocycles. The summed E-state index contributed by atoms with van der Waals surface area (Å²) in [6, 6.07) is 1.85. The summed E-state index contributed by atoms with van der Waals surface area (Å²) < 4.78 is 5.32. The molecule has 1 aromatic rings. The first-order valence-electron chi connectivity index (χ1n) is 6.46. The zero-order valence-corrected chi connectivity index (χ0v) is 12.0. The van der Waals surface area contributed by atoms with Crippen LogP contribution < -0.4 is 5.32 Å². The van der Waals surface area contributed by atoms with E-state index in [-0.39, 0.29) is 11.9 Å². The van der Waals surface area contributed by atoms with Crippen molar-refractivity contribution in [1.29, 1.82) is 0 Å². The lowest BCUT2D eigenvalue weighted by atomic mass is 10.1. The smallest absolute Gasteiger partial charge is 0.328 e.